The number of nitrogens with one attached hydrogen (secondary N) is 1. The minimum absolute atomic E-state index is 0.0241. The smallest absolute Gasteiger partial charge is 0.243 e. The van der Waals surface area contributed by atoms with Gasteiger partial charge in [-0.15, -0.1) is 11.3 Å². The van der Waals surface area contributed by atoms with Gasteiger partial charge in [0.05, 0.1) is 11.6 Å². The Bertz CT molecular complexity index is 670. The van der Waals surface area contributed by atoms with Gasteiger partial charge in [-0.1, -0.05) is 18.5 Å². The van der Waals surface area contributed by atoms with Gasteiger partial charge in [-0.05, 0) is 12.5 Å². The molecule has 0 spiro atoms. The summed E-state index contributed by atoms with van der Waals surface area (Å²) in [7, 11) is -3.66. The molecule has 0 aliphatic heterocycles. The second kappa shape index (κ2) is 5.96. The maximum Gasteiger partial charge on any atom is 0.243 e. The molecule has 0 bridgehead atoms. The number of rotatable bonds is 5. The van der Waals surface area contributed by atoms with Gasteiger partial charge in [-0.25, -0.2) is 18.1 Å². The molecule has 0 saturated carbocycles. The molecule has 19 heavy (non-hydrogen) atoms. The fourth-order valence-electron chi connectivity index (χ4n) is 1.39. The first-order chi connectivity index (χ1) is 9.03. The fraction of sp³-hybridized carbons (Fsp3) is 0.273. The maximum absolute atomic E-state index is 12.0. The van der Waals surface area contributed by atoms with Crippen molar-refractivity contribution in [2.45, 2.75) is 24.8 Å². The third-order valence-electron chi connectivity index (χ3n) is 2.39. The largest absolute Gasteiger partial charge is 0.263 e. The molecule has 1 N–H and O–H groups in total. The second-order valence-corrected chi connectivity index (χ2v) is 7.05. The zero-order valence-corrected chi connectivity index (χ0v) is 12.5. The van der Waals surface area contributed by atoms with Crippen molar-refractivity contribution in [2.75, 3.05) is 0 Å². The van der Waals surface area contributed by atoms with Crippen molar-refractivity contribution in [1.82, 2.24) is 14.7 Å². The van der Waals surface area contributed by atoms with Crippen molar-refractivity contribution in [2.24, 2.45) is 0 Å². The van der Waals surface area contributed by atoms with Crippen LogP contribution in [0.3, 0.4) is 0 Å². The number of nitrogens with zero attached hydrogens (tertiary/aromatic N) is 2. The van der Waals surface area contributed by atoms with E-state index in [9.17, 15) is 8.42 Å². The topological polar surface area (TPSA) is 72.0 Å². The molecular weight excluding hydrogens is 306 g/mol. The average Bonchev–Trinajstić information content (AvgIpc) is 2.85. The number of hydrogen-bond donors (Lipinski definition) is 1. The average molecular weight is 318 g/mol. The van der Waals surface area contributed by atoms with Crippen LogP contribution in [0.2, 0.25) is 5.02 Å². The molecule has 0 atom stereocenters. The van der Waals surface area contributed by atoms with Crippen molar-refractivity contribution in [3.63, 3.8) is 0 Å². The lowest BCUT2D eigenvalue weighted by atomic mass is 10.4. The highest BCUT2D eigenvalue weighted by atomic mass is 35.5. The first kappa shape index (κ1) is 14.4. The molecule has 0 aromatic carbocycles. The van der Waals surface area contributed by atoms with Crippen LogP contribution in [0.15, 0.2) is 29.6 Å². The number of halogens is 1. The number of aromatic nitrogens is 2. The maximum atomic E-state index is 12.0. The van der Waals surface area contributed by atoms with E-state index >= 15 is 0 Å². The lowest BCUT2D eigenvalue weighted by molar-refractivity contribution is 0.581. The van der Waals surface area contributed by atoms with Crippen LogP contribution in [0, 0.1) is 0 Å². The predicted octanol–water partition coefficient (Wildman–Crippen LogP) is 2.23. The highest BCUT2D eigenvalue weighted by Crippen LogP contribution is 2.20. The van der Waals surface area contributed by atoms with Crippen molar-refractivity contribution in [3.8, 4) is 0 Å². The van der Waals surface area contributed by atoms with Gasteiger partial charge in [-0.3, -0.25) is 4.98 Å². The summed E-state index contributed by atoms with van der Waals surface area (Å²) in [5.74, 6) is 0. The summed E-state index contributed by atoms with van der Waals surface area (Å²) in [6.45, 7) is 2.18. The van der Waals surface area contributed by atoms with E-state index in [4.69, 9.17) is 11.6 Å². The van der Waals surface area contributed by atoms with Crippen LogP contribution in [-0.4, -0.2) is 18.4 Å². The Kier molecular flexibility index (Phi) is 4.51. The number of sulfonamides is 1. The summed E-state index contributed by atoms with van der Waals surface area (Å²) < 4.78 is 26.6. The minimum atomic E-state index is -3.66. The van der Waals surface area contributed by atoms with E-state index in [1.54, 1.807) is 6.20 Å². The molecule has 102 valence electrons. The lowest BCUT2D eigenvalue weighted by Gasteiger charge is -2.06. The van der Waals surface area contributed by atoms with E-state index in [0.717, 1.165) is 16.3 Å². The van der Waals surface area contributed by atoms with Crippen LogP contribution in [0.1, 0.15) is 16.8 Å². The Hall–Kier alpha value is -1.02. The van der Waals surface area contributed by atoms with Gasteiger partial charge in [0.2, 0.25) is 10.0 Å². The molecule has 0 fully saturated rings. The minimum Gasteiger partial charge on any atom is -0.263 e. The van der Waals surface area contributed by atoms with Crippen LogP contribution in [0.5, 0.6) is 0 Å². The first-order valence-corrected chi connectivity index (χ1v) is 8.23. The van der Waals surface area contributed by atoms with Crippen molar-refractivity contribution >= 4 is 33.0 Å². The zero-order valence-electron chi connectivity index (χ0n) is 10.1. The molecular formula is C11H12ClN3O2S2. The number of pyridine rings is 1. The van der Waals surface area contributed by atoms with E-state index in [0.29, 0.717) is 0 Å². The molecule has 0 saturated heterocycles. The highest BCUT2D eigenvalue weighted by Gasteiger charge is 2.18. The second-order valence-electron chi connectivity index (χ2n) is 3.70. The quantitative estimate of drug-likeness (QED) is 0.918. The van der Waals surface area contributed by atoms with Gasteiger partial charge in [0.1, 0.15) is 9.90 Å². The summed E-state index contributed by atoms with van der Waals surface area (Å²) in [5.41, 5.74) is 0. The molecule has 2 aromatic rings. The van der Waals surface area contributed by atoms with Gasteiger partial charge >= 0.3 is 0 Å². The standard InChI is InChI=1S/C11H12ClN3O2S2/c1-2-8-5-14-11(18-8)7-15-19(16,17)10-6-13-4-3-9(10)12/h3-6,15H,2,7H2,1H3. The fourth-order valence-corrected chi connectivity index (χ4v) is 3.70. The van der Waals surface area contributed by atoms with E-state index < -0.39 is 10.0 Å². The first-order valence-electron chi connectivity index (χ1n) is 5.55. The van der Waals surface area contributed by atoms with E-state index in [1.165, 1.54) is 29.8 Å². The van der Waals surface area contributed by atoms with Crippen molar-refractivity contribution < 1.29 is 8.42 Å². The molecule has 0 unspecified atom stereocenters. The Balaban J connectivity index is 2.12. The van der Waals surface area contributed by atoms with Gasteiger partial charge in [0.15, 0.2) is 0 Å². The summed E-state index contributed by atoms with van der Waals surface area (Å²) >= 11 is 7.33. The summed E-state index contributed by atoms with van der Waals surface area (Å²) in [4.78, 5) is 9.01. The molecule has 0 amide bonds. The van der Waals surface area contributed by atoms with Crippen LogP contribution < -0.4 is 4.72 Å². The predicted molar refractivity (Wildman–Crippen MR) is 74.8 cm³/mol. The number of hydrogen-bond acceptors (Lipinski definition) is 5. The highest BCUT2D eigenvalue weighted by molar-refractivity contribution is 7.89. The van der Waals surface area contributed by atoms with Gasteiger partial charge in [0, 0.05) is 23.5 Å². The van der Waals surface area contributed by atoms with Gasteiger partial charge in [-0.2, -0.15) is 0 Å². The van der Waals surface area contributed by atoms with Gasteiger partial charge in [0.25, 0.3) is 0 Å². The molecule has 5 nitrogen and oxygen atoms in total. The van der Waals surface area contributed by atoms with E-state index in [2.05, 4.69) is 14.7 Å². The Morgan fingerprint density at radius 3 is 2.84 bits per heavy atom. The van der Waals surface area contributed by atoms with E-state index in [1.807, 2.05) is 6.92 Å². The number of thiazole rings is 1. The third kappa shape index (κ3) is 3.50. The van der Waals surface area contributed by atoms with Crippen LogP contribution >= 0.6 is 22.9 Å². The van der Waals surface area contributed by atoms with Crippen molar-refractivity contribution in [3.05, 3.63) is 39.6 Å². The van der Waals surface area contributed by atoms with Crippen LogP contribution in [-0.2, 0) is 23.0 Å². The zero-order chi connectivity index (χ0) is 13.9. The van der Waals surface area contributed by atoms with E-state index in [-0.39, 0.29) is 16.5 Å². The lowest BCUT2D eigenvalue weighted by Crippen LogP contribution is -2.23. The Morgan fingerprint density at radius 2 is 2.21 bits per heavy atom. The summed E-state index contributed by atoms with van der Waals surface area (Å²) in [6.07, 6.45) is 5.31. The molecule has 0 aliphatic carbocycles. The third-order valence-corrected chi connectivity index (χ3v) is 5.40. The SMILES string of the molecule is CCc1cnc(CNS(=O)(=O)c2cnccc2Cl)s1. The van der Waals surface area contributed by atoms with Crippen molar-refractivity contribution in [1.29, 1.82) is 0 Å². The summed E-state index contributed by atoms with van der Waals surface area (Å²) in [6, 6.07) is 1.44. The molecule has 0 aliphatic rings. The monoisotopic (exact) mass is 317 g/mol. The van der Waals surface area contributed by atoms with Crippen LogP contribution in [0.4, 0.5) is 0 Å². The van der Waals surface area contributed by atoms with Crippen LogP contribution in [0.25, 0.3) is 0 Å². The van der Waals surface area contributed by atoms with Gasteiger partial charge < -0.3 is 0 Å². The molecule has 2 aromatic heterocycles. The number of aryl methyl sites for hydroxylation is 1. The Morgan fingerprint density at radius 1 is 1.42 bits per heavy atom. The molecule has 2 heterocycles. The molecule has 2 rings (SSSR count). The Labute approximate surface area is 120 Å². The molecule has 8 heteroatoms. The molecule has 0 radical (unpaired) electrons. The summed E-state index contributed by atoms with van der Waals surface area (Å²) in [5, 5.41) is 0.872. The normalized spacial score (nSPS) is 11.7.